The number of piperidine rings is 1. The molecule has 1 aliphatic heterocycles. The van der Waals surface area contributed by atoms with E-state index in [1.54, 1.807) is 18.4 Å². The maximum Gasteiger partial charge on any atom is 0.229 e. The van der Waals surface area contributed by atoms with E-state index in [1.807, 2.05) is 42.6 Å². The topological polar surface area (TPSA) is 63.2 Å². The molecule has 25 heavy (non-hydrogen) atoms. The highest BCUT2D eigenvalue weighted by Crippen LogP contribution is 2.31. The van der Waals surface area contributed by atoms with Gasteiger partial charge in [0.2, 0.25) is 5.91 Å². The van der Waals surface area contributed by atoms with Crippen molar-refractivity contribution in [2.75, 3.05) is 26.8 Å². The van der Waals surface area contributed by atoms with Crippen molar-refractivity contribution in [3.05, 3.63) is 40.7 Å². The Morgan fingerprint density at radius 1 is 1.36 bits per heavy atom. The molecule has 2 heterocycles. The summed E-state index contributed by atoms with van der Waals surface area (Å²) in [5.74, 6) is 0.0693. The van der Waals surface area contributed by atoms with Gasteiger partial charge in [-0.25, -0.2) is 4.98 Å². The van der Waals surface area contributed by atoms with Crippen LogP contribution in [-0.4, -0.2) is 37.7 Å². The number of hydrogen-bond acceptors (Lipinski definition) is 5. The quantitative estimate of drug-likeness (QED) is 0.832. The second-order valence-electron chi connectivity index (χ2n) is 6.60. The first-order valence-electron chi connectivity index (χ1n) is 8.66. The number of nitrogens with zero attached hydrogens (tertiary/aromatic N) is 1. The molecule has 1 fully saturated rings. The number of carbonyl (C=O) groups excluding carboxylic acids is 1. The number of rotatable bonds is 6. The Labute approximate surface area is 152 Å². The molecule has 0 radical (unpaired) electrons. The van der Waals surface area contributed by atoms with Gasteiger partial charge in [-0.05, 0) is 32.9 Å². The monoisotopic (exact) mass is 359 g/mol. The summed E-state index contributed by atoms with van der Waals surface area (Å²) < 4.78 is 5.35. The first-order chi connectivity index (χ1) is 12.1. The number of hydrogen-bond donors (Lipinski definition) is 2. The summed E-state index contributed by atoms with van der Waals surface area (Å²) in [4.78, 5) is 17.6. The molecule has 1 amide bonds. The first kappa shape index (κ1) is 18.0. The largest absolute Gasteiger partial charge is 0.384 e. The van der Waals surface area contributed by atoms with Gasteiger partial charge in [-0.1, -0.05) is 30.3 Å². The van der Waals surface area contributed by atoms with Gasteiger partial charge in [0.1, 0.15) is 5.01 Å². The van der Waals surface area contributed by atoms with Crippen LogP contribution in [0, 0.1) is 5.41 Å². The summed E-state index contributed by atoms with van der Waals surface area (Å²) in [5, 5.41) is 9.44. The smallest absolute Gasteiger partial charge is 0.229 e. The van der Waals surface area contributed by atoms with Crippen LogP contribution in [0.5, 0.6) is 0 Å². The van der Waals surface area contributed by atoms with Crippen LogP contribution >= 0.6 is 11.3 Å². The molecule has 6 heteroatoms. The third kappa shape index (κ3) is 4.08. The second kappa shape index (κ2) is 8.08. The Kier molecular flexibility index (Phi) is 5.83. The van der Waals surface area contributed by atoms with Crippen LogP contribution in [0.15, 0.2) is 35.7 Å². The van der Waals surface area contributed by atoms with Crippen molar-refractivity contribution >= 4 is 17.2 Å². The number of benzene rings is 1. The number of ether oxygens (including phenoxy) is 1. The van der Waals surface area contributed by atoms with E-state index < -0.39 is 5.41 Å². The van der Waals surface area contributed by atoms with Crippen molar-refractivity contribution in [3.63, 3.8) is 0 Å². The van der Waals surface area contributed by atoms with Crippen molar-refractivity contribution in [1.29, 1.82) is 0 Å². The van der Waals surface area contributed by atoms with Crippen LogP contribution in [0.2, 0.25) is 0 Å². The zero-order chi connectivity index (χ0) is 17.7. The minimum Gasteiger partial charge on any atom is -0.384 e. The molecular formula is C19H25N3O2S. The Bertz CT molecular complexity index is 690. The van der Waals surface area contributed by atoms with Gasteiger partial charge in [0.05, 0.1) is 23.8 Å². The highest BCUT2D eigenvalue weighted by Gasteiger charge is 2.40. The predicted molar refractivity (Wildman–Crippen MR) is 101 cm³/mol. The van der Waals surface area contributed by atoms with Gasteiger partial charge >= 0.3 is 0 Å². The molecule has 134 valence electrons. The molecule has 1 aromatic carbocycles. The van der Waals surface area contributed by atoms with E-state index in [0.717, 1.165) is 42.2 Å². The summed E-state index contributed by atoms with van der Waals surface area (Å²) in [5.41, 5.74) is 1.61. The molecule has 1 unspecified atom stereocenters. The Balaban J connectivity index is 1.70. The molecule has 3 rings (SSSR count). The number of methoxy groups -OCH3 is 1. The van der Waals surface area contributed by atoms with Gasteiger partial charge in [0.15, 0.2) is 0 Å². The van der Waals surface area contributed by atoms with E-state index >= 15 is 0 Å². The molecule has 5 nitrogen and oxygen atoms in total. The van der Waals surface area contributed by atoms with Crippen molar-refractivity contribution in [2.24, 2.45) is 5.41 Å². The molecule has 0 bridgehead atoms. The fraction of sp³-hybridized carbons (Fsp3) is 0.474. The molecule has 1 aromatic heterocycles. The molecule has 1 atom stereocenters. The number of aromatic nitrogens is 1. The fourth-order valence-corrected chi connectivity index (χ4v) is 4.09. The van der Waals surface area contributed by atoms with Crippen molar-refractivity contribution < 1.29 is 9.53 Å². The van der Waals surface area contributed by atoms with Gasteiger partial charge in [0, 0.05) is 18.1 Å². The van der Waals surface area contributed by atoms with Crippen LogP contribution in [-0.2, 0) is 9.53 Å². The van der Waals surface area contributed by atoms with E-state index in [9.17, 15) is 4.79 Å². The van der Waals surface area contributed by atoms with Crippen molar-refractivity contribution in [1.82, 2.24) is 15.6 Å². The summed E-state index contributed by atoms with van der Waals surface area (Å²) >= 11 is 1.58. The maximum atomic E-state index is 12.9. The number of amides is 1. The Morgan fingerprint density at radius 2 is 2.08 bits per heavy atom. The van der Waals surface area contributed by atoms with Gasteiger partial charge in [-0.15, -0.1) is 11.3 Å². The van der Waals surface area contributed by atoms with Crippen LogP contribution in [0.3, 0.4) is 0 Å². The fourth-order valence-electron chi connectivity index (χ4n) is 3.26. The highest BCUT2D eigenvalue weighted by molar-refractivity contribution is 7.10. The second-order valence-corrected chi connectivity index (χ2v) is 7.49. The van der Waals surface area contributed by atoms with Crippen LogP contribution in [0.1, 0.15) is 30.8 Å². The zero-order valence-corrected chi connectivity index (χ0v) is 15.6. The van der Waals surface area contributed by atoms with E-state index in [-0.39, 0.29) is 11.9 Å². The first-order valence-corrected chi connectivity index (χ1v) is 9.54. The van der Waals surface area contributed by atoms with Gasteiger partial charge in [-0.2, -0.15) is 0 Å². The highest BCUT2D eigenvalue weighted by atomic mass is 32.1. The van der Waals surface area contributed by atoms with E-state index in [1.165, 1.54) is 0 Å². The molecule has 1 saturated heterocycles. The molecule has 0 spiro atoms. The Hall–Kier alpha value is -1.76. The third-order valence-corrected chi connectivity index (χ3v) is 5.80. The average Bonchev–Trinajstić information content (AvgIpc) is 3.14. The average molecular weight is 359 g/mol. The van der Waals surface area contributed by atoms with Crippen molar-refractivity contribution in [3.8, 4) is 11.3 Å². The standard InChI is InChI=1S/C19H25N3O2S/c1-14(17-22-16(12-25-17)15-6-4-3-5-7-15)21-18(23)19(13-24-2)8-10-20-11-9-19/h3-7,12,14,20H,8-11,13H2,1-2H3,(H,21,23). The van der Waals surface area contributed by atoms with Crippen molar-refractivity contribution in [2.45, 2.75) is 25.8 Å². The Morgan fingerprint density at radius 3 is 2.76 bits per heavy atom. The van der Waals surface area contributed by atoms with Crippen LogP contribution in [0.4, 0.5) is 0 Å². The predicted octanol–water partition coefficient (Wildman–Crippen LogP) is 3.00. The number of carbonyl (C=O) groups is 1. The molecule has 0 aliphatic carbocycles. The van der Waals surface area contributed by atoms with Crippen LogP contribution in [0.25, 0.3) is 11.3 Å². The third-order valence-electron chi connectivity index (χ3n) is 4.77. The minimum atomic E-state index is -0.437. The SMILES string of the molecule is COCC1(C(=O)NC(C)c2nc(-c3ccccc3)cs2)CCNCC1. The summed E-state index contributed by atoms with van der Waals surface area (Å²) in [6.45, 7) is 4.15. The maximum absolute atomic E-state index is 12.9. The van der Waals surface area contributed by atoms with E-state index in [2.05, 4.69) is 10.6 Å². The summed E-state index contributed by atoms with van der Waals surface area (Å²) in [6, 6.07) is 9.98. The molecular weight excluding hydrogens is 334 g/mol. The molecule has 0 saturated carbocycles. The molecule has 2 aromatic rings. The normalized spacial score (nSPS) is 17.8. The molecule has 2 N–H and O–H groups in total. The van der Waals surface area contributed by atoms with Crippen LogP contribution < -0.4 is 10.6 Å². The lowest BCUT2D eigenvalue weighted by Crippen LogP contribution is -2.50. The summed E-state index contributed by atoms with van der Waals surface area (Å²) in [6.07, 6.45) is 1.60. The lowest BCUT2D eigenvalue weighted by Gasteiger charge is -2.36. The van der Waals surface area contributed by atoms with Gasteiger partial charge in [0.25, 0.3) is 0 Å². The number of nitrogens with one attached hydrogen (secondary N) is 2. The molecule has 1 aliphatic rings. The van der Waals surface area contributed by atoms with Gasteiger partial charge in [-0.3, -0.25) is 4.79 Å². The van der Waals surface area contributed by atoms with Gasteiger partial charge < -0.3 is 15.4 Å². The van der Waals surface area contributed by atoms with E-state index in [4.69, 9.17) is 9.72 Å². The summed E-state index contributed by atoms with van der Waals surface area (Å²) in [7, 11) is 1.66. The lowest BCUT2D eigenvalue weighted by molar-refractivity contribution is -0.136. The van der Waals surface area contributed by atoms with E-state index in [0.29, 0.717) is 6.61 Å². The lowest BCUT2D eigenvalue weighted by atomic mass is 9.78. The zero-order valence-electron chi connectivity index (χ0n) is 14.7. The number of thiazole rings is 1. The minimum absolute atomic E-state index is 0.0693.